The fourth-order valence-electron chi connectivity index (χ4n) is 12.2. The first-order chi connectivity index (χ1) is 35.4. The lowest BCUT2D eigenvalue weighted by Crippen LogP contribution is -2.54. The molecule has 1 unspecified atom stereocenters. The topological polar surface area (TPSA) is 228 Å². The number of amides is 6. The Morgan fingerprint density at radius 3 is 2.12 bits per heavy atom. The Kier molecular flexibility index (Phi) is 15.0. The number of hydrogen-bond donors (Lipinski definition) is 3. The first-order valence-electron chi connectivity index (χ1n) is 26.6. The van der Waals surface area contributed by atoms with Gasteiger partial charge >= 0.3 is 5.97 Å². The second-order valence-corrected chi connectivity index (χ2v) is 21.0. The summed E-state index contributed by atoms with van der Waals surface area (Å²) in [5.74, 6) is -0.717. The van der Waals surface area contributed by atoms with E-state index in [0.29, 0.717) is 34.9 Å². The van der Waals surface area contributed by atoms with Gasteiger partial charge in [0.15, 0.2) is 0 Å². The van der Waals surface area contributed by atoms with Crippen LogP contribution in [0.4, 0.5) is 23.1 Å². The first kappa shape index (κ1) is 50.1. The molecule has 5 aliphatic heterocycles. The smallest absolute Gasteiger partial charge is 0.343 e. The number of carbonyl (C=O) groups is 7. The summed E-state index contributed by atoms with van der Waals surface area (Å²) >= 11 is 0. The van der Waals surface area contributed by atoms with Gasteiger partial charge in [-0.25, -0.2) is 9.78 Å². The number of nitrogens with zero attached hydrogens (tertiary/aromatic N) is 10. The average molecular weight is 1000 g/mol. The van der Waals surface area contributed by atoms with Crippen LogP contribution >= 0.6 is 0 Å². The van der Waals surface area contributed by atoms with Crippen molar-refractivity contribution in [2.45, 2.75) is 102 Å². The van der Waals surface area contributed by atoms with Gasteiger partial charge in [0.2, 0.25) is 29.6 Å². The highest BCUT2D eigenvalue weighted by atomic mass is 16.5. The minimum atomic E-state index is -0.982. The molecule has 7 aliphatic rings. The SMILES string of the molecule is CCOC(=O)c1cnc(Nc2cnn(C)c2)nc1NC1CCC(N2CCN(C(=O)C3CCC(C(=O)N4CCN(CC[C@H]5CCN(c6ccc7c(c6)C(=O)N(C6CCC(=O)NC6=O)C7=O)C5)CC4)CC3)CC2)CC1. The fraction of sp³-hybridized carbons (Fsp3) is 0.615. The number of imide groups is 2. The second kappa shape index (κ2) is 21.9. The molecule has 3 N–H and O–H groups in total. The van der Waals surface area contributed by atoms with Crippen LogP contribution in [-0.4, -0.2) is 182 Å². The number of benzene rings is 1. The molecule has 390 valence electrons. The monoisotopic (exact) mass is 1000 g/mol. The summed E-state index contributed by atoms with van der Waals surface area (Å²) in [5.41, 5.74) is 2.53. The Morgan fingerprint density at radius 2 is 1.47 bits per heavy atom. The van der Waals surface area contributed by atoms with Crippen LogP contribution in [0.3, 0.4) is 0 Å². The quantitative estimate of drug-likeness (QED) is 0.156. The largest absolute Gasteiger partial charge is 0.462 e. The van der Waals surface area contributed by atoms with Gasteiger partial charge < -0.3 is 30.1 Å². The van der Waals surface area contributed by atoms with Crippen molar-refractivity contribution in [3.63, 3.8) is 0 Å². The lowest BCUT2D eigenvalue weighted by atomic mass is 9.80. The Balaban J connectivity index is 0.611. The van der Waals surface area contributed by atoms with E-state index < -0.39 is 35.6 Å². The minimum absolute atomic E-state index is 0.0217. The molecule has 3 aromatic rings. The molecule has 2 aliphatic carbocycles. The molecule has 73 heavy (non-hydrogen) atoms. The molecule has 1 aromatic carbocycles. The number of aryl methyl sites for hydroxylation is 1. The van der Waals surface area contributed by atoms with E-state index in [2.05, 4.69) is 50.6 Å². The Bertz CT molecular complexity index is 2570. The maximum absolute atomic E-state index is 13.8. The van der Waals surface area contributed by atoms with Gasteiger partial charge in [-0.1, -0.05) is 0 Å². The van der Waals surface area contributed by atoms with Gasteiger partial charge in [-0.15, -0.1) is 0 Å². The number of anilines is 4. The van der Waals surface area contributed by atoms with Crippen molar-refractivity contribution in [2.24, 2.45) is 24.8 Å². The molecule has 21 heteroatoms. The zero-order valence-corrected chi connectivity index (χ0v) is 42.1. The molecule has 21 nitrogen and oxygen atoms in total. The zero-order valence-electron chi connectivity index (χ0n) is 42.1. The van der Waals surface area contributed by atoms with Crippen LogP contribution < -0.4 is 20.9 Å². The first-order valence-corrected chi connectivity index (χ1v) is 26.6. The van der Waals surface area contributed by atoms with Crippen LogP contribution in [0.25, 0.3) is 0 Å². The summed E-state index contributed by atoms with van der Waals surface area (Å²) < 4.78 is 6.99. The maximum atomic E-state index is 13.8. The van der Waals surface area contributed by atoms with Crippen LogP contribution in [0.5, 0.6) is 0 Å². The third kappa shape index (κ3) is 11.1. The van der Waals surface area contributed by atoms with Gasteiger partial charge in [-0.3, -0.25) is 53.5 Å². The standard InChI is InChI=1S/C52H69N13O8/c1-3-73-51(72)42-30-53-52(56-37-29-54-59(2)32-37)58-45(42)55-36-8-10-38(11-9-36)61-24-26-63(27-25-61)48(69)35-6-4-34(5-7-35)47(68)62-22-20-60(21-23-62)18-16-33-17-19-64(31-33)39-12-13-40-41(28-39)50(71)65(49(40)70)43-14-15-44(66)57-46(43)67/h12-13,28-30,32-36,38,43H,3-11,14-27,31H2,1-2H3,(H,57,66,67)(H2,53,55,56,58)/t33-,34?,35?,36?,38?,43?/m0/s1. The molecule has 0 bridgehead atoms. The number of piperidine rings is 1. The van der Waals surface area contributed by atoms with Crippen LogP contribution in [-0.2, 0) is 31.0 Å². The third-order valence-electron chi connectivity index (χ3n) is 16.5. The van der Waals surface area contributed by atoms with Crippen molar-refractivity contribution in [3.05, 3.63) is 53.5 Å². The number of aromatic nitrogens is 4. The van der Waals surface area contributed by atoms with Crippen LogP contribution in [0.15, 0.2) is 36.8 Å². The molecular weight excluding hydrogens is 935 g/mol. The summed E-state index contributed by atoms with van der Waals surface area (Å²) in [6, 6.07) is 4.93. The number of hydrogen-bond acceptors (Lipinski definition) is 16. The van der Waals surface area contributed by atoms with Crippen LogP contribution in [0.2, 0.25) is 0 Å². The molecule has 0 spiro atoms. The van der Waals surface area contributed by atoms with Gasteiger partial charge in [0.1, 0.15) is 17.4 Å². The fourth-order valence-corrected chi connectivity index (χ4v) is 12.2. The van der Waals surface area contributed by atoms with Gasteiger partial charge in [0, 0.05) is 121 Å². The highest BCUT2D eigenvalue weighted by Crippen LogP contribution is 2.35. The van der Waals surface area contributed by atoms with E-state index in [1.54, 1.807) is 29.9 Å². The predicted octanol–water partition coefficient (Wildman–Crippen LogP) is 3.27. The third-order valence-corrected chi connectivity index (χ3v) is 16.5. The number of fused-ring (bicyclic) bond motifs is 1. The Morgan fingerprint density at radius 1 is 0.781 bits per heavy atom. The summed E-state index contributed by atoms with van der Waals surface area (Å²) in [6.45, 7) is 11.0. The normalized spacial score (nSPS) is 26.2. The van der Waals surface area contributed by atoms with E-state index in [9.17, 15) is 33.6 Å². The maximum Gasteiger partial charge on any atom is 0.343 e. The lowest BCUT2D eigenvalue weighted by Gasteiger charge is -2.43. The van der Waals surface area contributed by atoms with Crippen molar-refractivity contribution in [2.75, 3.05) is 94.1 Å². The van der Waals surface area contributed by atoms with Gasteiger partial charge in [-0.2, -0.15) is 10.1 Å². The van der Waals surface area contributed by atoms with E-state index in [1.165, 1.54) is 6.20 Å². The van der Waals surface area contributed by atoms with Crippen molar-refractivity contribution in [1.29, 1.82) is 0 Å². The van der Waals surface area contributed by atoms with E-state index in [4.69, 9.17) is 4.74 Å². The zero-order chi connectivity index (χ0) is 50.8. The highest BCUT2D eigenvalue weighted by Gasteiger charge is 2.45. The van der Waals surface area contributed by atoms with Gasteiger partial charge in [0.25, 0.3) is 11.8 Å². The molecule has 0 radical (unpaired) electrons. The molecular formula is C52H69N13O8. The van der Waals surface area contributed by atoms with Gasteiger partial charge in [-0.05, 0) is 108 Å². The average Bonchev–Trinajstić information content (AvgIpc) is 4.13. The molecule has 2 atom stereocenters. The molecule has 2 saturated carbocycles. The molecule has 10 rings (SSSR count). The lowest BCUT2D eigenvalue weighted by molar-refractivity contribution is -0.143. The predicted molar refractivity (Wildman–Crippen MR) is 269 cm³/mol. The number of rotatable bonds is 14. The summed E-state index contributed by atoms with van der Waals surface area (Å²) in [7, 11) is 1.83. The van der Waals surface area contributed by atoms with E-state index >= 15 is 0 Å². The van der Waals surface area contributed by atoms with Gasteiger partial charge in [0.05, 0.1) is 29.6 Å². The number of carbonyl (C=O) groups excluding carboxylic acids is 7. The van der Waals surface area contributed by atoms with Crippen molar-refractivity contribution in [3.8, 4) is 0 Å². The number of esters is 1. The van der Waals surface area contributed by atoms with Crippen molar-refractivity contribution < 1.29 is 38.3 Å². The Hall–Kier alpha value is -6.48. The molecule has 7 heterocycles. The number of nitrogens with one attached hydrogen (secondary N) is 3. The van der Waals surface area contributed by atoms with Crippen LogP contribution in [0.1, 0.15) is 115 Å². The highest BCUT2D eigenvalue weighted by molar-refractivity contribution is 6.23. The number of piperazine rings is 2. The molecule has 4 saturated heterocycles. The summed E-state index contributed by atoms with van der Waals surface area (Å²) in [6.07, 6.45) is 14.2. The number of ether oxygens (including phenoxy) is 1. The second-order valence-electron chi connectivity index (χ2n) is 21.0. The Labute approximate surface area is 425 Å². The summed E-state index contributed by atoms with van der Waals surface area (Å²) in [5, 5.41) is 13.1. The van der Waals surface area contributed by atoms with E-state index in [1.807, 2.05) is 24.2 Å². The summed E-state index contributed by atoms with van der Waals surface area (Å²) in [4.78, 5) is 112. The molecule has 6 amide bonds. The van der Waals surface area contributed by atoms with Crippen LogP contribution in [0, 0.1) is 17.8 Å². The van der Waals surface area contributed by atoms with E-state index in [-0.39, 0.29) is 54.7 Å². The van der Waals surface area contributed by atoms with Crippen molar-refractivity contribution in [1.82, 2.24) is 49.6 Å². The minimum Gasteiger partial charge on any atom is -0.462 e. The van der Waals surface area contributed by atoms with Crippen molar-refractivity contribution >= 4 is 64.6 Å². The molecule has 6 fully saturated rings. The molecule has 2 aromatic heterocycles. The van der Waals surface area contributed by atoms with E-state index in [0.717, 1.165) is 152 Å².